The van der Waals surface area contributed by atoms with Crippen LogP contribution in [0.5, 0.6) is 5.75 Å². The van der Waals surface area contributed by atoms with Gasteiger partial charge >= 0.3 is 0 Å². The molecule has 0 atom stereocenters. The number of anilines is 1. The maximum atomic E-state index is 11.9. The van der Waals surface area contributed by atoms with Crippen LogP contribution >= 0.6 is 22.6 Å². The number of halogens is 1. The Morgan fingerprint density at radius 3 is 2.88 bits per heavy atom. The van der Waals surface area contributed by atoms with Crippen molar-refractivity contribution in [1.82, 2.24) is 10.2 Å². The molecule has 2 aromatic rings. The minimum Gasteiger partial charge on any atom is -0.507 e. The molecule has 5 nitrogen and oxygen atoms in total. The van der Waals surface area contributed by atoms with Gasteiger partial charge in [0, 0.05) is 15.3 Å². The maximum Gasteiger partial charge on any atom is 0.260 e. The molecule has 0 saturated carbocycles. The van der Waals surface area contributed by atoms with Crippen LogP contribution in [0.1, 0.15) is 16.1 Å². The number of nitrogens with zero attached hydrogens (tertiary/aromatic N) is 1. The zero-order valence-corrected chi connectivity index (χ0v) is 11.1. The van der Waals surface area contributed by atoms with E-state index in [1.54, 1.807) is 18.2 Å². The lowest BCUT2D eigenvalue weighted by molar-refractivity contribution is 0.102. The highest BCUT2D eigenvalue weighted by molar-refractivity contribution is 14.1. The number of rotatable bonds is 2. The van der Waals surface area contributed by atoms with Crippen molar-refractivity contribution in [3.8, 4) is 5.75 Å². The standard InChI is InChI=1S/C11H10IN3O2/c1-6-4-10(15-14-6)13-11(17)8-5-7(12)2-3-9(8)16/h2-5,16H,1H3,(H2,13,14,15,17). The first-order chi connectivity index (χ1) is 8.06. The number of carbonyl (C=O) groups is 1. The Balaban J connectivity index is 2.22. The Labute approximate surface area is 111 Å². The van der Waals surface area contributed by atoms with Crippen LogP contribution in [0.25, 0.3) is 0 Å². The Hall–Kier alpha value is -1.57. The summed E-state index contributed by atoms with van der Waals surface area (Å²) in [7, 11) is 0. The molecule has 0 fully saturated rings. The first-order valence-electron chi connectivity index (χ1n) is 4.88. The quantitative estimate of drug-likeness (QED) is 0.732. The number of phenolic OH excluding ortho intramolecular Hbond substituents is 1. The molecule has 0 aliphatic heterocycles. The van der Waals surface area contributed by atoms with Crippen molar-refractivity contribution in [3.63, 3.8) is 0 Å². The highest BCUT2D eigenvalue weighted by Crippen LogP contribution is 2.20. The average molecular weight is 343 g/mol. The second-order valence-electron chi connectivity index (χ2n) is 3.55. The summed E-state index contributed by atoms with van der Waals surface area (Å²) in [5.74, 6) is 0.00782. The van der Waals surface area contributed by atoms with Crippen LogP contribution in [-0.2, 0) is 0 Å². The van der Waals surface area contributed by atoms with Crippen molar-refractivity contribution in [2.24, 2.45) is 0 Å². The van der Waals surface area contributed by atoms with E-state index in [0.29, 0.717) is 5.82 Å². The van der Waals surface area contributed by atoms with Crippen molar-refractivity contribution in [2.75, 3.05) is 5.32 Å². The summed E-state index contributed by atoms with van der Waals surface area (Å²) >= 11 is 2.08. The predicted octanol–water partition coefficient (Wildman–Crippen LogP) is 2.28. The van der Waals surface area contributed by atoms with E-state index < -0.39 is 0 Å². The van der Waals surface area contributed by atoms with E-state index in [1.807, 2.05) is 6.92 Å². The third-order valence-corrected chi connectivity index (χ3v) is 2.82. The van der Waals surface area contributed by atoms with E-state index in [2.05, 4.69) is 38.1 Å². The van der Waals surface area contributed by atoms with Crippen molar-refractivity contribution in [2.45, 2.75) is 6.92 Å². The minimum absolute atomic E-state index is 0.0461. The average Bonchev–Trinajstić information content (AvgIpc) is 2.67. The molecule has 0 aliphatic carbocycles. The largest absolute Gasteiger partial charge is 0.507 e. The molecule has 0 saturated heterocycles. The summed E-state index contributed by atoms with van der Waals surface area (Å²) < 4.78 is 0.878. The van der Waals surface area contributed by atoms with Crippen LogP contribution in [0.15, 0.2) is 24.3 Å². The number of amides is 1. The zero-order chi connectivity index (χ0) is 12.4. The second kappa shape index (κ2) is 4.74. The first-order valence-corrected chi connectivity index (χ1v) is 5.96. The Kier molecular flexibility index (Phi) is 3.32. The van der Waals surface area contributed by atoms with E-state index in [1.165, 1.54) is 6.07 Å². The summed E-state index contributed by atoms with van der Waals surface area (Å²) in [5, 5.41) is 18.8. The molecule has 1 heterocycles. The molecule has 3 N–H and O–H groups in total. The molecule has 1 aromatic carbocycles. The van der Waals surface area contributed by atoms with Gasteiger partial charge in [0.2, 0.25) is 0 Å². The van der Waals surface area contributed by atoms with Crippen molar-refractivity contribution in [3.05, 3.63) is 39.1 Å². The van der Waals surface area contributed by atoms with Crippen LogP contribution in [0.3, 0.4) is 0 Å². The monoisotopic (exact) mass is 343 g/mol. The number of phenols is 1. The predicted molar refractivity (Wildman–Crippen MR) is 72.1 cm³/mol. The zero-order valence-electron chi connectivity index (χ0n) is 8.99. The molecule has 88 valence electrons. The first kappa shape index (κ1) is 11.9. The third-order valence-electron chi connectivity index (χ3n) is 2.15. The molecule has 0 aliphatic rings. The van der Waals surface area contributed by atoms with Gasteiger partial charge in [0.05, 0.1) is 5.56 Å². The van der Waals surface area contributed by atoms with Gasteiger partial charge < -0.3 is 10.4 Å². The Morgan fingerprint density at radius 1 is 1.47 bits per heavy atom. The fourth-order valence-corrected chi connectivity index (χ4v) is 1.85. The summed E-state index contributed by atoms with van der Waals surface area (Å²) in [6.07, 6.45) is 0. The lowest BCUT2D eigenvalue weighted by Gasteiger charge is -2.04. The van der Waals surface area contributed by atoms with Gasteiger partial charge in [-0.2, -0.15) is 5.10 Å². The topological polar surface area (TPSA) is 78.0 Å². The lowest BCUT2D eigenvalue weighted by atomic mass is 10.2. The van der Waals surface area contributed by atoms with E-state index >= 15 is 0 Å². The minimum atomic E-state index is -0.382. The molecule has 17 heavy (non-hydrogen) atoms. The van der Waals surface area contributed by atoms with Gasteiger partial charge in [-0.1, -0.05) is 0 Å². The molecule has 0 bridgehead atoms. The summed E-state index contributed by atoms with van der Waals surface area (Å²) in [6.45, 7) is 1.84. The highest BCUT2D eigenvalue weighted by atomic mass is 127. The van der Waals surface area contributed by atoms with E-state index in [-0.39, 0.29) is 17.2 Å². The fraction of sp³-hybridized carbons (Fsp3) is 0.0909. The number of hydrogen-bond acceptors (Lipinski definition) is 3. The van der Waals surface area contributed by atoms with Gasteiger partial charge in [0.1, 0.15) is 5.75 Å². The van der Waals surface area contributed by atoms with Crippen molar-refractivity contribution >= 4 is 34.3 Å². The SMILES string of the molecule is Cc1cc(NC(=O)c2cc(I)ccc2O)n[nH]1. The molecule has 2 rings (SSSR count). The number of aryl methyl sites for hydroxylation is 1. The van der Waals surface area contributed by atoms with E-state index in [4.69, 9.17) is 0 Å². The third kappa shape index (κ3) is 2.76. The number of aromatic amines is 1. The van der Waals surface area contributed by atoms with Gasteiger partial charge in [0.15, 0.2) is 5.82 Å². The molecule has 0 unspecified atom stereocenters. The number of hydrogen-bond donors (Lipinski definition) is 3. The van der Waals surface area contributed by atoms with Crippen LogP contribution in [0.4, 0.5) is 5.82 Å². The second-order valence-corrected chi connectivity index (χ2v) is 4.80. The van der Waals surface area contributed by atoms with Gasteiger partial charge in [0.25, 0.3) is 5.91 Å². The molecular formula is C11H10IN3O2. The molecular weight excluding hydrogens is 333 g/mol. The van der Waals surface area contributed by atoms with Crippen molar-refractivity contribution in [1.29, 1.82) is 0 Å². The smallest absolute Gasteiger partial charge is 0.260 e. The summed E-state index contributed by atoms with van der Waals surface area (Å²) in [5.41, 5.74) is 1.09. The molecule has 0 spiro atoms. The maximum absolute atomic E-state index is 11.9. The van der Waals surface area contributed by atoms with Crippen molar-refractivity contribution < 1.29 is 9.90 Å². The summed E-state index contributed by atoms with van der Waals surface area (Å²) in [6, 6.07) is 6.55. The number of H-pyrrole nitrogens is 1. The normalized spacial score (nSPS) is 10.2. The Bertz CT molecular complexity index is 566. The van der Waals surface area contributed by atoms with E-state index in [9.17, 15) is 9.90 Å². The Morgan fingerprint density at radius 2 is 2.24 bits per heavy atom. The van der Waals surface area contributed by atoms with Gasteiger partial charge in [-0.3, -0.25) is 9.89 Å². The van der Waals surface area contributed by atoms with Crippen LogP contribution in [-0.4, -0.2) is 21.2 Å². The van der Waals surface area contributed by atoms with Crippen LogP contribution in [0.2, 0.25) is 0 Å². The molecule has 6 heteroatoms. The lowest BCUT2D eigenvalue weighted by Crippen LogP contribution is -2.12. The fourth-order valence-electron chi connectivity index (χ4n) is 1.36. The number of nitrogens with one attached hydrogen (secondary N) is 2. The van der Waals surface area contributed by atoms with Crippen LogP contribution in [0, 0.1) is 10.5 Å². The molecule has 1 amide bonds. The number of carbonyl (C=O) groups excluding carboxylic acids is 1. The summed E-state index contributed by atoms with van der Waals surface area (Å²) in [4.78, 5) is 11.9. The van der Waals surface area contributed by atoms with Gasteiger partial charge in [-0.05, 0) is 47.7 Å². The number of benzene rings is 1. The number of aromatic nitrogens is 2. The highest BCUT2D eigenvalue weighted by Gasteiger charge is 2.12. The molecule has 1 aromatic heterocycles. The van der Waals surface area contributed by atoms with E-state index in [0.717, 1.165) is 9.26 Å². The number of aromatic hydroxyl groups is 1. The van der Waals surface area contributed by atoms with Gasteiger partial charge in [-0.15, -0.1) is 0 Å². The molecule has 0 radical (unpaired) electrons. The van der Waals surface area contributed by atoms with Crippen LogP contribution < -0.4 is 5.32 Å². The van der Waals surface area contributed by atoms with Gasteiger partial charge in [-0.25, -0.2) is 0 Å².